The Morgan fingerprint density at radius 1 is 1.43 bits per heavy atom. The van der Waals surface area contributed by atoms with Gasteiger partial charge in [-0.2, -0.15) is 0 Å². The van der Waals surface area contributed by atoms with Crippen molar-refractivity contribution >= 4 is 5.78 Å². The molecule has 0 aliphatic carbocycles. The Labute approximate surface area is 83.3 Å². The summed E-state index contributed by atoms with van der Waals surface area (Å²) in [5, 5.41) is 8.87. The SMILES string of the molecule is CC(=O)C(CO)Oc1ccc(C)cc1. The highest BCUT2D eigenvalue weighted by atomic mass is 16.5. The molecule has 0 aromatic heterocycles. The Hall–Kier alpha value is -1.35. The monoisotopic (exact) mass is 194 g/mol. The molecule has 14 heavy (non-hydrogen) atoms. The first-order valence-electron chi connectivity index (χ1n) is 4.48. The molecule has 3 nitrogen and oxygen atoms in total. The van der Waals surface area contributed by atoms with Crippen LogP contribution in [0.3, 0.4) is 0 Å². The quantitative estimate of drug-likeness (QED) is 0.786. The largest absolute Gasteiger partial charge is 0.480 e. The lowest BCUT2D eigenvalue weighted by molar-refractivity contribution is -0.125. The van der Waals surface area contributed by atoms with E-state index in [0.29, 0.717) is 5.75 Å². The van der Waals surface area contributed by atoms with Crippen molar-refractivity contribution in [2.75, 3.05) is 6.61 Å². The van der Waals surface area contributed by atoms with Gasteiger partial charge >= 0.3 is 0 Å². The minimum atomic E-state index is -0.752. The number of aliphatic hydroxyl groups excluding tert-OH is 1. The number of ketones is 1. The van der Waals surface area contributed by atoms with E-state index in [9.17, 15) is 4.79 Å². The second kappa shape index (κ2) is 4.77. The van der Waals surface area contributed by atoms with Crippen LogP contribution in [0, 0.1) is 6.92 Å². The lowest BCUT2D eigenvalue weighted by atomic mass is 10.2. The minimum absolute atomic E-state index is 0.173. The van der Waals surface area contributed by atoms with Crippen molar-refractivity contribution < 1.29 is 14.6 Å². The van der Waals surface area contributed by atoms with Gasteiger partial charge in [0.25, 0.3) is 0 Å². The number of rotatable bonds is 4. The van der Waals surface area contributed by atoms with E-state index < -0.39 is 6.10 Å². The van der Waals surface area contributed by atoms with Crippen molar-refractivity contribution in [1.29, 1.82) is 0 Å². The van der Waals surface area contributed by atoms with Crippen molar-refractivity contribution in [3.63, 3.8) is 0 Å². The molecule has 3 heteroatoms. The summed E-state index contributed by atoms with van der Waals surface area (Å²) >= 11 is 0. The predicted octanol–water partition coefficient (Wildman–Crippen LogP) is 1.32. The third kappa shape index (κ3) is 2.85. The Morgan fingerprint density at radius 2 is 2.00 bits per heavy atom. The summed E-state index contributed by atoms with van der Waals surface area (Å²) in [6, 6.07) is 7.34. The van der Waals surface area contributed by atoms with Crippen LogP contribution >= 0.6 is 0 Å². The number of carbonyl (C=O) groups is 1. The van der Waals surface area contributed by atoms with Gasteiger partial charge in [-0.1, -0.05) is 17.7 Å². The van der Waals surface area contributed by atoms with E-state index in [4.69, 9.17) is 9.84 Å². The van der Waals surface area contributed by atoms with Gasteiger partial charge in [0, 0.05) is 0 Å². The smallest absolute Gasteiger partial charge is 0.179 e. The van der Waals surface area contributed by atoms with Crippen molar-refractivity contribution in [1.82, 2.24) is 0 Å². The van der Waals surface area contributed by atoms with E-state index in [-0.39, 0.29) is 12.4 Å². The fourth-order valence-electron chi connectivity index (χ4n) is 1.03. The van der Waals surface area contributed by atoms with E-state index in [2.05, 4.69) is 0 Å². The first-order valence-corrected chi connectivity index (χ1v) is 4.48. The van der Waals surface area contributed by atoms with Crippen LogP contribution in [-0.2, 0) is 4.79 Å². The van der Waals surface area contributed by atoms with Crippen LogP contribution in [-0.4, -0.2) is 23.6 Å². The van der Waals surface area contributed by atoms with Gasteiger partial charge in [-0.3, -0.25) is 4.79 Å². The molecule has 0 bridgehead atoms. The van der Waals surface area contributed by atoms with Crippen LogP contribution in [0.1, 0.15) is 12.5 Å². The van der Waals surface area contributed by atoms with Crippen molar-refractivity contribution in [2.45, 2.75) is 20.0 Å². The zero-order chi connectivity index (χ0) is 10.6. The molecule has 1 rings (SSSR count). The molecule has 0 fully saturated rings. The van der Waals surface area contributed by atoms with Gasteiger partial charge in [-0.15, -0.1) is 0 Å². The van der Waals surface area contributed by atoms with E-state index in [1.807, 2.05) is 19.1 Å². The maximum Gasteiger partial charge on any atom is 0.179 e. The molecule has 76 valence electrons. The summed E-state index contributed by atoms with van der Waals surface area (Å²) in [5.41, 5.74) is 1.13. The van der Waals surface area contributed by atoms with E-state index in [1.165, 1.54) is 6.92 Å². The first kappa shape index (κ1) is 10.7. The molecular weight excluding hydrogens is 180 g/mol. The highest BCUT2D eigenvalue weighted by molar-refractivity contribution is 5.80. The standard InChI is InChI=1S/C11H14O3/c1-8-3-5-10(6-4-8)14-11(7-12)9(2)13/h3-6,11-12H,7H2,1-2H3. The maximum absolute atomic E-state index is 11.0. The summed E-state index contributed by atoms with van der Waals surface area (Å²) in [5.74, 6) is 0.429. The molecule has 1 aromatic carbocycles. The van der Waals surface area contributed by atoms with E-state index >= 15 is 0 Å². The number of benzene rings is 1. The average molecular weight is 194 g/mol. The van der Waals surface area contributed by atoms with Crippen LogP contribution in [0.5, 0.6) is 5.75 Å². The fraction of sp³-hybridized carbons (Fsp3) is 0.364. The summed E-state index contributed by atoms with van der Waals surface area (Å²) in [6.07, 6.45) is -0.752. The number of aliphatic hydroxyl groups is 1. The molecule has 0 aliphatic rings. The van der Waals surface area contributed by atoms with E-state index in [1.54, 1.807) is 12.1 Å². The van der Waals surface area contributed by atoms with Gasteiger partial charge in [-0.05, 0) is 26.0 Å². The Bertz CT molecular complexity index is 303. The second-order valence-corrected chi connectivity index (χ2v) is 3.21. The fourth-order valence-corrected chi connectivity index (χ4v) is 1.03. The lowest BCUT2D eigenvalue weighted by Crippen LogP contribution is -2.28. The van der Waals surface area contributed by atoms with E-state index in [0.717, 1.165) is 5.56 Å². The molecule has 0 aliphatic heterocycles. The van der Waals surface area contributed by atoms with Gasteiger partial charge in [0.2, 0.25) is 0 Å². The van der Waals surface area contributed by atoms with Crippen LogP contribution < -0.4 is 4.74 Å². The van der Waals surface area contributed by atoms with Gasteiger partial charge in [0.15, 0.2) is 11.9 Å². The number of hydrogen-bond acceptors (Lipinski definition) is 3. The van der Waals surface area contributed by atoms with Crippen molar-refractivity contribution in [2.24, 2.45) is 0 Å². The molecule has 0 spiro atoms. The molecule has 1 unspecified atom stereocenters. The van der Waals surface area contributed by atoms with Crippen LogP contribution in [0.4, 0.5) is 0 Å². The molecule has 1 N–H and O–H groups in total. The zero-order valence-electron chi connectivity index (χ0n) is 8.36. The lowest BCUT2D eigenvalue weighted by Gasteiger charge is -2.13. The third-order valence-electron chi connectivity index (χ3n) is 1.92. The third-order valence-corrected chi connectivity index (χ3v) is 1.92. The summed E-state index contributed by atoms with van der Waals surface area (Å²) in [6.45, 7) is 3.08. The molecule has 1 aromatic rings. The molecule has 0 saturated heterocycles. The maximum atomic E-state index is 11.0. The topological polar surface area (TPSA) is 46.5 Å². The highest BCUT2D eigenvalue weighted by Crippen LogP contribution is 2.13. The predicted molar refractivity (Wildman–Crippen MR) is 53.4 cm³/mol. The van der Waals surface area contributed by atoms with Crippen LogP contribution in [0.15, 0.2) is 24.3 Å². The molecule has 1 atom stereocenters. The number of aryl methyl sites for hydroxylation is 1. The Morgan fingerprint density at radius 3 is 2.43 bits per heavy atom. The zero-order valence-corrected chi connectivity index (χ0v) is 8.36. The number of Topliss-reactive ketones (excluding diaryl/α,β-unsaturated/α-hetero) is 1. The summed E-state index contributed by atoms with van der Waals surface area (Å²) in [4.78, 5) is 11.0. The van der Waals surface area contributed by atoms with Crippen LogP contribution in [0.25, 0.3) is 0 Å². The summed E-state index contributed by atoms with van der Waals surface area (Å²) < 4.78 is 5.28. The number of carbonyl (C=O) groups excluding carboxylic acids is 1. The van der Waals surface area contributed by atoms with Crippen molar-refractivity contribution in [3.8, 4) is 5.75 Å². The molecule has 0 radical (unpaired) electrons. The highest BCUT2D eigenvalue weighted by Gasteiger charge is 2.13. The molecule has 0 saturated carbocycles. The Kier molecular flexibility index (Phi) is 3.65. The summed E-state index contributed by atoms with van der Waals surface area (Å²) in [7, 11) is 0. The average Bonchev–Trinajstić information content (AvgIpc) is 2.16. The van der Waals surface area contributed by atoms with Gasteiger partial charge < -0.3 is 9.84 Å². The Balaban J connectivity index is 2.67. The van der Waals surface area contributed by atoms with Gasteiger partial charge in [-0.25, -0.2) is 0 Å². The molecule has 0 heterocycles. The van der Waals surface area contributed by atoms with Crippen molar-refractivity contribution in [3.05, 3.63) is 29.8 Å². The molecular formula is C11H14O3. The van der Waals surface area contributed by atoms with Gasteiger partial charge in [0.05, 0.1) is 6.61 Å². The van der Waals surface area contributed by atoms with Gasteiger partial charge in [0.1, 0.15) is 5.75 Å². The first-order chi connectivity index (χ1) is 6.63. The van der Waals surface area contributed by atoms with Crippen LogP contribution in [0.2, 0.25) is 0 Å². The minimum Gasteiger partial charge on any atom is -0.480 e. The second-order valence-electron chi connectivity index (χ2n) is 3.21. The number of ether oxygens (including phenoxy) is 1. The molecule has 0 amide bonds. The number of hydrogen-bond donors (Lipinski definition) is 1. The normalized spacial score (nSPS) is 12.2.